The number of rotatable bonds is 8. The molecule has 0 spiro atoms. The highest BCUT2D eigenvalue weighted by Crippen LogP contribution is 2.35. The summed E-state index contributed by atoms with van der Waals surface area (Å²) < 4.78 is 29.8. The largest absolute Gasteiger partial charge is 0.349 e. The third kappa shape index (κ3) is 4.74. The quantitative estimate of drug-likeness (QED) is 0.458. The van der Waals surface area contributed by atoms with E-state index in [1.807, 2.05) is 4.57 Å². The highest BCUT2D eigenvalue weighted by atomic mass is 32.2. The number of anilines is 1. The smallest absolute Gasteiger partial charge is 0.271 e. The lowest BCUT2D eigenvalue weighted by molar-refractivity contribution is -0.120. The van der Waals surface area contributed by atoms with Crippen molar-refractivity contribution in [1.82, 2.24) is 20.1 Å². The summed E-state index contributed by atoms with van der Waals surface area (Å²) >= 11 is 6.39. The molecule has 1 saturated carbocycles. The van der Waals surface area contributed by atoms with Gasteiger partial charge in [0.15, 0.2) is 10.6 Å². The van der Waals surface area contributed by atoms with Crippen LogP contribution in [0, 0.1) is 4.77 Å². The maximum Gasteiger partial charge on any atom is 0.271 e. The zero-order valence-electron chi connectivity index (χ0n) is 15.3. The number of hydrogen-bond donors (Lipinski definition) is 3. The molecule has 3 N–H and O–H groups in total. The predicted molar refractivity (Wildman–Crippen MR) is 113 cm³/mol. The standard InChI is InChI=1S/C18H19N5O3S3/c24-16(19-11-15-20-21-18(27)23(15)14-7-8-14)10-12-3-5-13(6-4-12)22-29(25,26)17-2-1-9-28-17/h1-6,9,14,22H,7-8,10-11H2,(H,19,24)(H,21,27). The zero-order chi connectivity index (χ0) is 20.4. The highest BCUT2D eigenvalue weighted by Gasteiger charge is 2.27. The number of amides is 1. The third-order valence-electron chi connectivity index (χ3n) is 4.46. The average molecular weight is 450 g/mol. The molecule has 0 saturated heterocycles. The summed E-state index contributed by atoms with van der Waals surface area (Å²) in [5.41, 5.74) is 1.23. The first kappa shape index (κ1) is 19.8. The van der Waals surface area contributed by atoms with E-state index < -0.39 is 10.0 Å². The van der Waals surface area contributed by atoms with Crippen LogP contribution in [0.5, 0.6) is 0 Å². The monoisotopic (exact) mass is 449 g/mol. The Morgan fingerprint density at radius 3 is 2.69 bits per heavy atom. The molecule has 11 heteroatoms. The van der Waals surface area contributed by atoms with Crippen molar-refractivity contribution in [3.8, 4) is 0 Å². The zero-order valence-corrected chi connectivity index (χ0v) is 17.7. The van der Waals surface area contributed by atoms with Crippen molar-refractivity contribution in [3.63, 3.8) is 0 Å². The number of aromatic amines is 1. The molecule has 4 rings (SSSR count). The number of H-pyrrole nitrogens is 1. The van der Waals surface area contributed by atoms with Crippen molar-refractivity contribution in [2.45, 2.75) is 36.1 Å². The number of aromatic nitrogens is 3. The van der Waals surface area contributed by atoms with Crippen LogP contribution in [0.4, 0.5) is 5.69 Å². The molecule has 2 aromatic heterocycles. The lowest BCUT2D eigenvalue weighted by Crippen LogP contribution is -2.26. The van der Waals surface area contributed by atoms with Crippen LogP contribution in [-0.2, 0) is 27.8 Å². The molecule has 1 aliphatic carbocycles. The number of hydrogen-bond acceptors (Lipinski definition) is 6. The fraction of sp³-hybridized carbons (Fsp3) is 0.278. The molecular weight excluding hydrogens is 430 g/mol. The maximum atomic E-state index is 12.3. The van der Waals surface area contributed by atoms with Gasteiger partial charge >= 0.3 is 0 Å². The van der Waals surface area contributed by atoms with Crippen LogP contribution in [0.25, 0.3) is 0 Å². The number of carbonyl (C=O) groups excluding carboxylic acids is 1. The van der Waals surface area contributed by atoms with Crippen LogP contribution < -0.4 is 10.0 Å². The van der Waals surface area contributed by atoms with E-state index in [9.17, 15) is 13.2 Å². The molecule has 8 nitrogen and oxygen atoms in total. The van der Waals surface area contributed by atoms with E-state index in [1.165, 1.54) is 0 Å². The van der Waals surface area contributed by atoms with Crippen LogP contribution in [-0.4, -0.2) is 29.1 Å². The first-order valence-corrected chi connectivity index (χ1v) is 11.8. The van der Waals surface area contributed by atoms with Gasteiger partial charge < -0.3 is 5.32 Å². The Morgan fingerprint density at radius 2 is 2.03 bits per heavy atom. The van der Waals surface area contributed by atoms with Gasteiger partial charge in [0.05, 0.1) is 13.0 Å². The summed E-state index contributed by atoms with van der Waals surface area (Å²) in [7, 11) is -3.58. The number of benzene rings is 1. The molecule has 0 radical (unpaired) electrons. The minimum atomic E-state index is -3.58. The lowest BCUT2D eigenvalue weighted by Gasteiger charge is -2.09. The van der Waals surface area contributed by atoms with Gasteiger partial charge in [-0.3, -0.25) is 19.2 Å². The molecule has 1 amide bonds. The van der Waals surface area contributed by atoms with Crippen LogP contribution in [0.2, 0.25) is 0 Å². The van der Waals surface area contributed by atoms with Gasteiger partial charge in [0.2, 0.25) is 5.91 Å². The molecule has 2 heterocycles. The Hall–Kier alpha value is -2.50. The Labute approximate surface area is 177 Å². The summed E-state index contributed by atoms with van der Waals surface area (Å²) in [6.07, 6.45) is 2.35. The van der Waals surface area contributed by atoms with E-state index in [0.29, 0.717) is 23.0 Å². The highest BCUT2D eigenvalue weighted by molar-refractivity contribution is 7.94. The molecule has 1 aliphatic rings. The first-order valence-electron chi connectivity index (χ1n) is 9.00. The van der Waals surface area contributed by atoms with Crippen molar-refractivity contribution in [2.24, 2.45) is 0 Å². The van der Waals surface area contributed by atoms with E-state index in [4.69, 9.17) is 12.2 Å². The first-order chi connectivity index (χ1) is 13.9. The molecule has 0 bridgehead atoms. The van der Waals surface area contributed by atoms with E-state index >= 15 is 0 Å². The fourth-order valence-electron chi connectivity index (χ4n) is 2.91. The summed E-state index contributed by atoms with van der Waals surface area (Å²) in [6, 6.07) is 10.4. The number of carbonyl (C=O) groups is 1. The Bertz CT molecular complexity index is 1160. The molecule has 152 valence electrons. The topological polar surface area (TPSA) is 109 Å². The second-order valence-corrected chi connectivity index (χ2v) is 9.98. The van der Waals surface area contributed by atoms with Gasteiger partial charge in [-0.2, -0.15) is 5.10 Å². The van der Waals surface area contributed by atoms with Gasteiger partial charge in [-0.15, -0.1) is 11.3 Å². The molecular formula is C18H19N5O3S3. The van der Waals surface area contributed by atoms with Crippen molar-refractivity contribution >= 4 is 45.2 Å². The van der Waals surface area contributed by atoms with Crippen LogP contribution >= 0.6 is 23.6 Å². The van der Waals surface area contributed by atoms with Crippen LogP contribution in [0.15, 0.2) is 46.0 Å². The molecule has 0 atom stereocenters. The van der Waals surface area contributed by atoms with Gasteiger partial charge in [-0.1, -0.05) is 18.2 Å². The molecule has 1 fully saturated rings. The third-order valence-corrected chi connectivity index (χ3v) is 7.53. The number of nitrogens with zero attached hydrogens (tertiary/aromatic N) is 2. The van der Waals surface area contributed by atoms with Crippen LogP contribution in [0.1, 0.15) is 30.3 Å². The van der Waals surface area contributed by atoms with E-state index in [2.05, 4.69) is 20.2 Å². The minimum absolute atomic E-state index is 0.145. The lowest BCUT2D eigenvalue weighted by atomic mass is 10.1. The minimum Gasteiger partial charge on any atom is -0.349 e. The molecule has 1 aromatic carbocycles. The second-order valence-electron chi connectivity index (χ2n) is 6.73. The molecule has 29 heavy (non-hydrogen) atoms. The maximum absolute atomic E-state index is 12.3. The molecule has 0 aliphatic heterocycles. The fourth-order valence-corrected chi connectivity index (χ4v) is 5.26. The van der Waals surface area contributed by atoms with Gasteiger partial charge in [0.1, 0.15) is 4.21 Å². The number of nitrogens with one attached hydrogen (secondary N) is 3. The number of thiophene rings is 1. The van der Waals surface area contributed by atoms with Crippen molar-refractivity contribution in [1.29, 1.82) is 0 Å². The van der Waals surface area contributed by atoms with E-state index in [1.54, 1.807) is 41.8 Å². The summed E-state index contributed by atoms with van der Waals surface area (Å²) in [4.78, 5) is 12.3. The Kier molecular flexibility index (Phi) is 5.52. The van der Waals surface area contributed by atoms with Gasteiger partial charge in [0.25, 0.3) is 10.0 Å². The van der Waals surface area contributed by atoms with Gasteiger partial charge in [0, 0.05) is 11.7 Å². The van der Waals surface area contributed by atoms with Crippen molar-refractivity contribution in [2.75, 3.05) is 4.72 Å². The molecule has 3 aromatic rings. The average Bonchev–Trinajstić information content (AvgIpc) is 3.21. The number of sulfonamides is 1. The Balaban J connectivity index is 1.33. The summed E-state index contributed by atoms with van der Waals surface area (Å²) in [6.45, 7) is 0.307. The molecule has 0 unspecified atom stereocenters. The normalized spacial score (nSPS) is 13.9. The van der Waals surface area contributed by atoms with Gasteiger partial charge in [-0.25, -0.2) is 8.42 Å². The predicted octanol–water partition coefficient (Wildman–Crippen LogP) is 3.00. The summed E-state index contributed by atoms with van der Waals surface area (Å²) in [5, 5.41) is 11.5. The second kappa shape index (κ2) is 8.09. The SMILES string of the molecule is O=C(Cc1ccc(NS(=O)(=O)c2cccs2)cc1)NCc1n[nH]c(=S)n1C1CC1. The van der Waals surface area contributed by atoms with Gasteiger partial charge in [-0.05, 0) is 54.2 Å². The van der Waals surface area contributed by atoms with Crippen LogP contribution in [0.3, 0.4) is 0 Å². The Morgan fingerprint density at radius 1 is 1.28 bits per heavy atom. The van der Waals surface area contributed by atoms with E-state index in [-0.39, 0.29) is 16.5 Å². The summed E-state index contributed by atoms with van der Waals surface area (Å²) in [5.74, 6) is 0.581. The van der Waals surface area contributed by atoms with E-state index in [0.717, 1.165) is 35.6 Å². The van der Waals surface area contributed by atoms with Crippen molar-refractivity contribution in [3.05, 3.63) is 57.9 Å². The van der Waals surface area contributed by atoms with Crippen molar-refractivity contribution < 1.29 is 13.2 Å².